The van der Waals surface area contributed by atoms with Gasteiger partial charge in [-0.3, -0.25) is 0 Å². The highest BCUT2D eigenvalue weighted by Gasteiger charge is 2.10. The Labute approximate surface area is 111 Å². The van der Waals surface area contributed by atoms with Crippen LogP contribution < -0.4 is 0 Å². The van der Waals surface area contributed by atoms with E-state index in [1.807, 2.05) is 0 Å². The zero-order valence-electron chi connectivity index (χ0n) is 10.3. The van der Waals surface area contributed by atoms with Crippen LogP contribution in [-0.4, -0.2) is 30.3 Å². The third-order valence-electron chi connectivity index (χ3n) is 2.75. The van der Waals surface area contributed by atoms with Gasteiger partial charge < -0.3 is 9.67 Å². The Balaban J connectivity index is 2.25. The average Bonchev–Trinajstić information content (AvgIpc) is 2.77. The van der Waals surface area contributed by atoms with Crippen LogP contribution in [0.2, 0.25) is 0 Å². The van der Waals surface area contributed by atoms with Crippen LogP contribution in [0.1, 0.15) is 16.1 Å². The summed E-state index contributed by atoms with van der Waals surface area (Å²) in [6.07, 6.45) is 2.82. The Bertz CT molecular complexity index is 698. The number of benzene rings is 1. The molecular formula is C13H13NO4S. The van der Waals surface area contributed by atoms with Gasteiger partial charge in [0.25, 0.3) is 0 Å². The molecule has 0 fully saturated rings. The van der Waals surface area contributed by atoms with Crippen molar-refractivity contribution in [2.75, 3.05) is 6.26 Å². The Morgan fingerprint density at radius 3 is 2.37 bits per heavy atom. The van der Waals surface area contributed by atoms with Crippen LogP contribution >= 0.6 is 0 Å². The standard InChI is InChI=1S/C13H13NO4S/c1-19(17,18)11-6-4-10(5-7-11)9-14-8-2-3-12(14)13(15)16/h2-8H,9H2,1H3,(H,15,16). The highest BCUT2D eigenvalue weighted by Crippen LogP contribution is 2.13. The molecule has 0 aliphatic carbocycles. The zero-order valence-corrected chi connectivity index (χ0v) is 11.1. The van der Waals surface area contributed by atoms with E-state index >= 15 is 0 Å². The van der Waals surface area contributed by atoms with Crippen molar-refractivity contribution in [1.82, 2.24) is 4.57 Å². The Kier molecular flexibility index (Phi) is 3.44. The number of carboxylic acids is 1. The van der Waals surface area contributed by atoms with E-state index < -0.39 is 15.8 Å². The van der Waals surface area contributed by atoms with E-state index in [1.165, 1.54) is 18.2 Å². The third kappa shape index (κ3) is 3.03. The first-order chi connectivity index (χ1) is 8.88. The van der Waals surface area contributed by atoms with Crippen molar-refractivity contribution < 1.29 is 18.3 Å². The molecule has 6 heteroatoms. The fraction of sp³-hybridized carbons (Fsp3) is 0.154. The predicted molar refractivity (Wildman–Crippen MR) is 70.0 cm³/mol. The lowest BCUT2D eigenvalue weighted by Gasteiger charge is -2.07. The number of aromatic carboxylic acids is 1. The predicted octanol–water partition coefficient (Wildman–Crippen LogP) is 1.64. The summed E-state index contributed by atoms with van der Waals surface area (Å²) in [5, 5.41) is 8.98. The number of aromatic nitrogens is 1. The normalized spacial score (nSPS) is 11.4. The van der Waals surface area contributed by atoms with E-state index in [0.29, 0.717) is 6.54 Å². The van der Waals surface area contributed by atoms with Gasteiger partial charge in [0.05, 0.1) is 4.90 Å². The summed E-state index contributed by atoms with van der Waals surface area (Å²) < 4.78 is 24.2. The molecule has 0 amide bonds. The molecule has 0 unspecified atom stereocenters. The summed E-state index contributed by atoms with van der Waals surface area (Å²) in [4.78, 5) is 11.2. The van der Waals surface area contributed by atoms with Crippen molar-refractivity contribution in [3.8, 4) is 0 Å². The van der Waals surface area contributed by atoms with Gasteiger partial charge in [0.2, 0.25) is 0 Å². The maximum atomic E-state index is 11.3. The lowest BCUT2D eigenvalue weighted by Crippen LogP contribution is -2.08. The maximum absolute atomic E-state index is 11.3. The fourth-order valence-corrected chi connectivity index (χ4v) is 2.42. The molecule has 5 nitrogen and oxygen atoms in total. The lowest BCUT2D eigenvalue weighted by molar-refractivity contribution is 0.0685. The molecule has 0 aliphatic rings. The molecule has 1 aromatic heterocycles. The SMILES string of the molecule is CS(=O)(=O)c1ccc(Cn2cccc2C(=O)O)cc1. The Morgan fingerprint density at radius 1 is 1.21 bits per heavy atom. The first-order valence-electron chi connectivity index (χ1n) is 5.55. The molecule has 0 atom stereocenters. The molecule has 0 saturated carbocycles. The summed E-state index contributed by atoms with van der Waals surface area (Å²) in [5.74, 6) is -0.988. The third-order valence-corrected chi connectivity index (χ3v) is 3.88. The Hall–Kier alpha value is -2.08. The summed E-state index contributed by atoms with van der Waals surface area (Å²) in [6.45, 7) is 0.388. The summed E-state index contributed by atoms with van der Waals surface area (Å²) in [7, 11) is -3.20. The number of nitrogens with zero attached hydrogens (tertiary/aromatic N) is 1. The molecule has 2 rings (SSSR count). The number of sulfone groups is 1. The zero-order chi connectivity index (χ0) is 14.0. The molecule has 0 radical (unpaired) electrons. The van der Waals surface area contributed by atoms with E-state index in [9.17, 15) is 13.2 Å². The molecule has 0 bridgehead atoms. The molecule has 100 valence electrons. The van der Waals surface area contributed by atoms with Gasteiger partial charge in [0.15, 0.2) is 9.84 Å². The summed E-state index contributed by atoms with van der Waals surface area (Å²) >= 11 is 0. The molecule has 19 heavy (non-hydrogen) atoms. The van der Waals surface area contributed by atoms with Gasteiger partial charge in [-0.15, -0.1) is 0 Å². The van der Waals surface area contributed by atoms with Gasteiger partial charge in [0, 0.05) is 19.0 Å². The maximum Gasteiger partial charge on any atom is 0.352 e. The minimum absolute atomic E-state index is 0.201. The van der Waals surface area contributed by atoms with Crippen molar-refractivity contribution in [3.05, 3.63) is 53.9 Å². The van der Waals surface area contributed by atoms with Crippen LogP contribution in [0.4, 0.5) is 0 Å². The highest BCUT2D eigenvalue weighted by molar-refractivity contribution is 7.90. The number of hydrogen-bond acceptors (Lipinski definition) is 3. The number of hydrogen-bond donors (Lipinski definition) is 1. The van der Waals surface area contributed by atoms with Crippen molar-refractivity contribution >= 4 is 15.8 Å². The first-order valence-corrected chi connectivity index (χ1v) is 7.44. The monoisotopic (exact) mass is 279 g/mol. The second-order valence-electron chi connectivity index (χ2n) is 4.24. The molecule has 1 N–H and O–H groups in total. The fourth-order valence-electron chi connectivity index (χ4n) is 1.78. The van der Waals surface area contributed by atoms with Gasteiger partial charge in [-0.2, -0.15) is 0 Å². The van der Waals surface area contributed by atoms with Gasteiger partial charge in [0.1, 0.15) is 5.69 Å². The van der Waals surface area contributed by atoms with Gasteiger partial charge in [-0.05, 0) is 29.8 Å². The van der Waals surface area contributed by atoms with Gasteiger partial charge in [-0.1, -0.05) is 12.1 Å². The van der Waals surface area contributed by atoms with Crippen LogP contribution in [-0.2, 0) is 16.4 Å². The first kappa shape index (κ1) is 13.4. The van der Waals surface area contributed by atoms with Gasteiger partial charge >= 0.3 is 5.97 Å². The quantitative estimate of drug-likeness (QED) is 0.923. The van der Waals surface area contributed by atoms with Crippen LogP contribution in [0, 0.1) is 0 Å². The van der Waals surface area contributed by atoms with Crippen LogP contribution in [0.5, 0.6) is 0 Å². The second-order valence-corrected chi connectivity index (χ2v) is 6.26. The molecule has 0 saturated heterocycles. The van der Waals surface area contributed by atoms with Crippen molar-refractivity contribution in [2.24, 2.45) is 0 Å². The topological polar surface area (TPSA) is 76.4 Å². The number of rotatable bonds is 4. The molecule has 2 aromatic rings. The van der Waals surface area contributed by atoms with E-state index in [2.05, 4.69) is 0 Å². The number of carbonyl (C=O) groups is 1. The van der Waals surface area contributed by atoms with Crippen LogP contribution in [0.3, 0.4) is 0 Å². The van der Waals surface area contributed by atoms with E-state index in [-0.39, 0.29) is 10.6 Å². The van der Waals surface area contributed by atoms with Crippen molar-refractivity contribution in [1.29, 1.82) is 0 Å². The largest absolute Gasteiger partial charge is 0.477 e. The second kappa shape index (κ2) is 4.89. The molecule has 1 heterocycles. The van der Waals surface area contributed by atoms with E-state index in [4.69, 9.17) is 5.11 Å². The summed E-state index contributed by atoms with van der Waals surface area (Å²) in [6, 6.07) is 9.59. The molecule has 0 aliphatic heterocycles. The number of carboxylic acid groups (broad SMARTS) is 1. The van der Waals surface area contributed by atoms with E-state index in [1.54, 1.807) is 29.0 Å². The highest BCUT2D eigenvalue weighted by atomic mass is 32.2. The van der Waals surface area contributed by atoms with Crippen molar-refractivity contribution in [2.45, 2.75) is 11.4 Å². The molecule has 0 spiro atoms. The smallest absolute Gasteiger partial charge is 0.352 e. The minimum Gasteiger partial charge on any atom is -0.477 e. The average molecular weight is 279 g/mol. The van der Waals surface area contributed by atoms with Gasteiger partial charge in [-0.25, -0.2) is 13.2 Å². The van der Waals surface area contributed by atoms with Crippen LogP contribution in [0.15, 0.2) is 47.5 Å². The van der Waals surface area contributed by atoms with Crippen LogP contribution in [0.25, 0.3) is 0 Å². The molecular weight excluding hydrogens is 266 g/mol. The Morgan fingerprint density at radius 2 is 1.84 bits per heavy atom. The van der Waals surface area contributed by atoms with Crippen molar-refractivity contribution in [3.63, 3.8) is 0 Å². The lowest BCUT2D eigenvalue weighted by atomic mass is 10.2. The molecule has 1 aromatic carbocycles. The van der Waals surface area contributed by atoms with E-state index in [0.717, 1.165) is 11.8 Å². The minimum atomic E-state index is -3.20. The summed E-state index contributed by atoms with van der Waals surface area (Å²) in [5.41, 5.74) is 1.04.